The van der Waals surface area contributed by atoms with Crippen molar-refractivity contribution >= 4 is 23.2 Å². The zero-order valence-electron chi connectivity index (χ0n) is 13.4. The number of amides is 2. The number of thiophene rings is 1. The first kappa shape index (κ1) is 15.2. The normalized spacial score (nSPS) is 26.7. The Morgan fingerprint density at radius 3 is 2.70 bits per heavy atom. The van der Waals surface area contributed by atoms with Crippen molar-refractivity contribution in [2.45, 2.75) is 57.0 Å². The maximum absolute atomic E-state index is 12.8. The quantitative estimate of drug-likeness (QED) is 0.901. The molecule has 0 bridgehead atoms. The van der Waals surface area contributed by atoms with E-state index in [9.17, 15) is 9.59 Å². The molecular weight excluding hydrogens is 308 g/mol. The van der Waals surface area contributed by atoms with Crippen LogP contribution in [0.25, 0.3) is 0 Å². The van der Waals surface area contributed by atoms with Gasteiger partial charge in [0.05, 0.1) is 12.0 Å². The van der Waals surface area contributed by atoms with Crippen LogP contribution in [0.1, 0.15) is 55.9 Å². The molecule has 23 heavy (non-hydrogen) atoms. The van der Waals surface area contributed by atoms with E-state index < -0.39 is 0 Å². The molecule has 1 aromatic heterocycles. The topological polar surface area (TPSA) is 49.4 Å². The van der Waals surface area contributed by atoms with Gasteiger partial charge in [0.15, 0.2) is 0 Å². The average molecular weight is 332 g/mol. The Morgan fingerprint density at radius 1 is 1.26 bits per heavy atom. The number of nitrogens with one attached hydrogen (secondary N) is 1. The van der Waals surface area contributed by atoms with Crippen LogP contribution >= 0.6 is 11.3 Å². The fourth-order valence-electron chi connectivity index (χ4n) is 4.10. The lowest BCUT2D eigenvalue weighted by molar-refractivity contribution is -0.129. The molecule has 3 aliphatic rings. The highest BCUT2D eigenvalue weighted by Gasteiger charge is 2.42. The van der Waals surface area contributed by atoms with Gasteiger partial charge in [0.1, 0.15) is 0 Å². The van der Waals surface area contributed by atoms with E-state index in [0.717, 1.165) is 12.8 Å². The summed E-state index contributed by atoms with van der Waals surface area (Å²) < 4.78 is 0. The van der Waals surface area contributed by atoms with Gasteiger partial charge < -0.3 is 10.2 Å². The fourth-order valence-corrected chi connectivity index (χ4v) is 4.97. The highest BCUT2D eigenvalue weighted by atomic mass is 32.1. The molecule has 1 saturated heterocycles. The Labute approximate surface area is 141 Å². The highest BCUT2D eigenvalue weighted by Crippen LogP contribution is 2.38. The van der Waals surface area contributed by atoms with Crippen molar-refractivity contribution in [2.75, 3.05) is 6.54 Å². The summed E-state index contributed by atoms with van der Waals surface area (Å²) in [4.78, 5) is 28.0. The van der Waals surface area contributed by atoms with Gasteiger partial charge in [0, 0.05) is 23.9 Å². The third-order valence-electron chi connectivity index (χ3n) is 5.54. The molecule has 0 spiro atoms. The van der Waals surface area contributed by atoms with Crippen molar-refractivity contribution in [1.29, 1.82) is 0 Å². The van der Waals surface area contributed by atoms with Gasteiger partial charge in [0.25, 0.3) is 0 Å². The van der Waals surface area contributed by atoms with Gasteiger partial charge in [-0.1, -0.05) is 18.9 Å². The van der Waals surface area contributed by atoms with Crippen LogP contribution in [0.4, 0.5) is 0 Å². The third kappa shape index (κ3) is 3.16. The standard InChI is InChI=1S/C18H24N2O2S/c21-16-10-13(11-20(16)14-7-8-14)18(22)19-17(12-4-1-2-5-12)15-6-3-9-23-15/h3,6,9,12-14,17H,1-2,4-5,7-8,10-11H2,(H,19,22)/t13-,17+/m1/s1. The van der Waals surface area contributed by atoms with Gasteiger partial charge in [-0.15, -0.1) is 11.3 Å². The van der Waals surface area contributed by atoms with Crippen molar-refractivity contribution in [3.63, 3.8) is 0 Å². The van der Waals surface area contributed by atoms with Crippen LogP contribution < -0.4 is 5.32 Å². The summed E-state index contributed by atoms with van der Waals surface area (Å²) in [7, 11) is 0. The monoisotopic (exact) mass is 332 g/mol. The molecule has 2 amide bonds. The molecule has 2 aliphatic carbocycles. The van der Waals surface area contributed by atoms with Crippen molar-refractivity contribution in [2.24, 2.45) is 11.8 Å². The van der Waals surface area contributed by atoms with Crippen LogP contribution in [0.3, 0.4) is 0 Å². The number of likely N-dealkylation sites (tertiary alicyclic amines) is 1. The predicted molar refractivity (Wildman–Crippen MR) is 90.0 cm³/mol. The molecule has 1 N–H and O–H groups in total. The average Bonchev–Trinajstić information content (AvgIpc) is 3.02. The van der Waals surface area contributed by atoms with Gasteiger partial charge in [-0.05, 0) is 43.0 Å². The van der Waals surface area contributed by atoms with E-state index in [1.54, 1.807) is 11.3 Å². The van der Waals surface area contributed by atoms with E-state index in [1.807, 2.05) is 4.90 Å². The molecule has 1 aliphatic heterocycles. The SMILES string of the molecule is O=C(N[C@H](c1cccs1)C1CCCC1)[C@@H]1CC(=O)N(C2CC2)C1. The first-order chi connectivity index (χ1) is 11.2. The Kier molecular flexibility index (Phi) is 4.14. The molecule has 3 fully saturated rings. The van der Waals surface area contributed by atoms with Crippen molar-refractivity contribution in [3.8, 4) is 0 Å². The fraction of sp³-hybridized carbons (Fsp3) is 0.667. The summed E-state index contributed by atoms with van der Waals surface area (Å²) in [5.41, 5.74) is 0. The molecule has 2 heterocycles. The number of nitrogens with zero attached hydrogens (tertiary/aromatic N) is 1. The third-order valence-corrected chi connectivity index (χ3v) is 6.49. The second-order valence-corrected chi connectivity index (χ2v) is 8.20. The predicted octanol–water partition coefficient (Wildman–Crippen LogP) is 3.11. The lowest BCUT2D eigenvalue weighted by Gasteiger charge is -2.25. The van der Waals surface area contributed by atoms with Gasteiger partial charge in [-0.3, -0.25) is 9.59 Å². The number of hydrogen-bond donors (Lipinski definition) is 1. The largest absolute Gasteiger partial charge is 0.348 e. The van der Waals surface area contributed by atoms with E-state index in [0.29, 0.717) is 24.9 Å². The van der Waals surface area contributed by atoms with Crippen molar-refractivity contribution < 1.29 is 9.59 Å². The van der Waals surface area contributed by atoms with Gasteiger partial charge in [-0.2, -0.15) is 0 Å². The molecule has 4 rings (SSSR count). The Bertz CT molecular complexity index is 576. The minimum Gasteiger partial charge on any atom is -0.348 e. The Balaban J connectivity index is 1.44. The summed E-state index contributed by atoms with van der Waals surface area (Å²) in [6, 6.07) is 4.74. The molecule has 2 saturated carbocycles. The summed E-state index contributed by atoms with van der Waals surface area (Å²) in [5.74, 6) is 0.634. The molecule has 1 aromatic rings. The van der Waals surface area contributed by atoms with Gasteiger partial charge in [-0.25, -0.2) is 0 Å². The first-order valence-corrected chi connectivity index (χ1v) is 9.73. The minimum absolute atomic E-state index is 0.0757. The van der Waals surface area contributed by atoms with E-state index in [2.05, 4.69) is 22.8 Å². The maximum atomic E-state index is 12.8. The molecule has 0 unspecified atom stereocenters. The molecule has 2 atom stereocenters. The van der Waals surface area contributed by atoms with E-state index >= 15 is 0 Å². The van der Waals surface area contributed by atoms with Crippen LogP contribution in [-0.2, 0) is 9.59 Å². The van der Waals surface area contributed by atoms with Crippen LogP contribution in [0, 0.1) is 11.8 Å². The first-order valence-electron chi connectivity index (χ1n) is 8.85. The molecule has 0 radical (unpaired) electrons. The summed E-state index contributed by atoms with van der Waals surface area (Å²) >= 11 is 1.73. The lowest BCUT2D eigenvalue weighted by atomic mass is 9.95. The molecule has 5 heteroatoms. The van der Waals surface area contributed by atoms with Gasteiger partial charge in [0.2, 0.25) is 11.8 Å². The zero-order chi connectivity index (χ0) is 15.8. The number of hydrogen-bond acceptors (Lipinski definition) is 3. The summed E-state index contributed by atoms with van der Waals surface area (Å²) in [6.07, 6.45) is 7.53. The summed E-state index contributed by atoms with van der Waals surface area (Å²) in [6.45, 7) is 0.622. The Hall–Kier alpha value is -1.36. The minimum atomic E-state index is -0.160. The smallest absolute Gasteiger partial charge is 0.225 e. The second-order valence-electron chi connectivity index (χ2n) is 7.22. The van der Waals surface area contributed by atoms with E-state index in [1.165, 1.54) is 30.6 Å². The lowest BCUT2D eigenvalue weighted by Crippen LogP contribution is -2.38. The number of carbonyl (C=O) groups is 2. The van der Waals surface area contributed by atoms with Crippen molar-refractivity contribution in [1.82, 2.24) is 10.2 Å². The maximum Gasteiger partial charge on any atom is 0.225 e. The van der Waals surface area contributed by atoms with E-state index in [-0.39, 0.29) is 23.8 Å². The molecule has 4 nitrogen and oxygen atoms in total. The van der Waals surface area contributed by atoms with Crippen LogP contribution in [0.5, 0.6) is 0 Å². The van der Waals surface area contributed by atoms with Crippen LogP contribution in [0.2, 0.25) is 0 Å². The van der Waals surface area contributed by atoms with E-state index in [4.69, 9.17) is 0 Å². The molecule has 124 valence electrons. The second kappa shape index (κ2) is 6.27. The Morgan fingerprint density at radius 2 is 2.04 bits per heavy atom. The van der Waals surface area contributed by atoms with Crippen LogP contribution in [0.15, 0.2) is 17.5 Å². The number of carbonyl (C=O) groups excluding carboxylic acids is 2. The van der Waals surface area contributed by atoms with Gasteiger partial charge >= 0.3 is 0 Å². The molecular formula is C18H24N2O2S. The molecule has 0 aromatic carbocycles. The number of rotatable bonds is 5. The summed E-state index contributed by atoms with van der Waals surface area (Å²) in [5, 5.41) is 5.38. The zero-order valence-corrected chi connectivity index (χ0v) is 14.2. The van der Waals surface area contributed by atoms with Crippen LogP contribution in [-0.4, -0.2) is 29.3 Å². The van der Waals surface area contributed by atoms with Crippen molar-refractivity contribution in [3.05, 3.63) is 22.4 Å². The highest BCUT2D eigenvalue weighted by molar-refractivity contribution is 7.10.